The zero-order valence-electron chi connectivity index (χ0n) is 24.8. The van der Waals surface area contributed by atoms with E-state index >= 15 is 0 Å². The maximum absolute atomic E-state index is 14.4. The number of carbonyl (C=O) groups excluding carboxylic acids is 3. The lowest BCUT2D eigenvalue weighted by Crippen LogP contribution is -2.58. The first kappa shape index (κ1) is 32.6. The first-order chi connectivity index (χ1) is 18.9. The number of hydrogen-bond acceptors (Lipinski definition) is 8. The molecule has 0 aliphatic carbocycles. The summed E-state index contributed by atoms with van der Waals surface area (Å²) in [5.41, 5.74) is 1.65. The van der Waals surface area contributed by atoms with Gasteiger partial charge >= 0.3 is 12.1 Å². The normalized spacial score (nSPS) is 21.9. The summed E-state index contributed by atoms with van der Waals surface area (Å²) in [6.45, 7) is 10.4. The second-order valence-electron chi connectivity index (χ2n) is 12.0. The van der Waals surface area contributed by atoms with Gasteiger partial charge in [0.05, 0.1) is 35.4 Å². The van der Waals surface area contributed by atoms with E-state index in [4.69, 9.17) is 20.0 Å². The minimum Gasteiger partial charge on any atom is -0.473 e. The van der Waals surface area contributed by atoms with Gasteiger partial charge in [-0.1, -0.05) is 0 Å². The molecule has 3 rings (SSSR count). The molecule has 0 aromatic heterocycles. The third kappa shape index (κ3) is 6.95. The third-order valence-corrected chi connectivity index (χ3v) is 7.10. The van der Waals surface area contributed by atoms with E-state index in [1.807, 2.05) is 0 Å². The van der Waals surface area contributed by atoms with Crippen molar-refractivity contribution in [2.75, 3.05) is 44.8 Å². The van der Waals surface area contributed by atoms with E-state index in [9.17, 15) is 27.6 Å². The second-order valence-corrected chi connectivity index (χ2v) is 12.0. The van der Waals surface area contributed by atoms with Gasteiger partial charge in [0, 0.05) is 38.8 Å². The Morgan fingerprint density at radius 2 is 1.90 bits per heavy atom. The Morgan fingerprint density at radius 3 is 2.44 bits per heavy atom. The molecular weight excluding hydrogens is 545 g/mol. The summed E-state index contributed by atoms with van der Waals surface area (Å²) < 4.78 is 54.2. The highest BCUT2D eigenvalue weighted by Gasteiger charge is 2.47. The Bertz CT molecular complexity index is 1150. The average Bonchev–Trinajstić information content (AvgIpc) is 2.85. The fraction of sp³-hybridized carbons (Fsp3) is 0.679. The minimum absolute atomic E-state index is 0.00187. The summed E-state index contributed by atoms with van der Waals surface area (Å²) >= 11 is 0. The topological polar surface area (TPSA) is 115 Å². The molecule has 2 heterocycles. The van der Waals surface area contributed by atoms with Crippen molar-refractivity contribution < 1.29 is 41.9 Å². The molecule has 1 fully saturated rings. The van der Waals surface area contributed by atoms with E-state index in [0.29, 0.717) is 19.4 Å². The molecule has 2 atom stereocenters. The van der Waals surface area contributed by atoms with Crippen molar-refractivity contribution in [2.45, 2.75) is 78.2 Å². The van der Waals surface area contributed by atoms with E-state index in [1.165, 1.54) is 28.9 Å². The van der Waals surface area contributed by atoms with Crippen LogP contribution in [0.15, 0.2) is 12.1 Å². The van der Waals surface area contributed by atoms with Crippen molar-refractivity contribution in [3.63, 3.8) is 0 Å². The van der Waals surface area contributed by atoms with Crippen molar-refractivity contribution >= 4 is 23.5 Å². The summed E-state index contributed by atoms with van der Waals surface area (Å²) in [7, 11) is 1.35. The summed E-state index contributed by atoms with van der Waals surface area (Å²) in [6.07, 6.45) is -3.82. The maximum Gasteiger partial charge on any atom is 0.417 e. The number of methoxy groups -OCH3 is 1. The van der Waals surface area contributed by atoms with Crippen LogP contribution in [-0.4, -0.2) is 85.3 Å². The van der Waals surface area contributed by atoms with E-state index in [2.05, 4.69) is 0 Å². The molecule has 1 saturated heterocycles. The van der Waals surface area contributed by atoms with Crippen LogP contribution in [0.25, 0.3) is 0 Å². The van der Waals surface area contributed by atoms with Crippen molar-refractivity contribution in [1.29, 1.82) is 0 Å². The molecule has 1 aromatic carbocycles. The maximum atomic E-state index is 14.4. The van der Waals surface area contributed by atoms with Crippen LogP contribution in [0.5, 0.6) is 5.75 Å². The van der Waals surface area contributed by atoms with Crippen LogP contribution >= 0.6 is 0 Å². The van der Waals surface area contributed by atoms with Gasteiger partial charge in [0.15, 0.2) is 0 Å². The number of carbonyl (C=O) groups is 3. The second kappa shape index (κ2) is 12.1. The summed E-state index contributed by atoms with van der Waals surface area (Å²) in [4.78, 5) is 48.0. The first-order valence-electron chi connectivity index (χ1n) is 13.7. The number of piperidine rings is 1. The number of hydrogen-bond donors (Lipinski definition) is 1. The standard InChI is InChI=1S/C28H41F3N4O6/c1-17(2)35(18-9-8-11-33(15-18)41-25(38)26(3,4)5)23(36)19-13-21-22(14-20(19)28(29,30)31)40-27(6,16-39-7)24(37)34(21)12-10-32/h13-14,17-18H,8-12,15-16,32H2,1-7H3/t18-,27?/m1/s1. The van der Waals surface area contributed by atoms with Gasteiger partial charge in [-0.3, -0.25) is 9.59 Å². The van der Waals surface area contributed by atoms with Crippen LogP contribution in [0.4, 0.5) is 18.9 Å². The highest BCUT2D eigenvalue weighted by molar-refractivity contribution is 6.05. The largest absolute Gasteiger partial charge is 0.473 e. The van der Waals surface area contributed by atoms with Crippen LogP contribution in [0.2, 0.25) is 0 Å². The molecular formula is C28H41F3N4O6. The summed E-state index contributed by atoms with van der Waals surface area (Å²) in [5.74, 6) is -2.04. The molecule has 2 aliphatic heterocycles. The van der Waals surface area contributed by atoms with Crippen molar-refractivity contribution in [2.24, 2.45) is 11.1 Å². The molecule has 2 amide bonds. The molecule has 1 aromatic rings. The molecule has 230 valence electrons. The predicted molar refractivity (Wildman–Crippen MR) is 145 cm³/mol. The van der Waals surface area contributed by atoms with Crippen LogP contribution in [0.3, 0.4) is 0 Å². The molecule has 10 nitrogen and oxygen atoms in total. The van der Waals surface area contributed by atoms with E-state index < -0.39 is 58.2 Å². The van der Waals surface area contributed by atoms with E-state index in [1.54, 1.807) is 34.6 Å². The third-order valence-electron chi connectivity index (χ3n) is 7.10. The predicted octanol–water partition coefficient (Wildman–Crippen LogP) is 3.61. The molecule has 2 aliphatic rings. The molecule has 0 spiro atoms. The lowest BCUT2D eigenvalue weighted by Gasteiger charge is -2.42. The first-order valence-corrected chi connectivity index (χ1v) is 13.7. The fourth-order valence-corrected chi connectivity index (χ4v) is 5.12. The van der Waals surface area contributed by atoms with E-state index in [0.717, 1.165) is 12.1 Å². The van der Waals surface area contributed by atoms with Crippen molar-refractivity contribution in [3.8, 4) is 5.75 Å². The quantitative estimate of drug-likeness (QED) is 0.492. The number of rotatable bonds is 8. The Balaban J connectivity index is 2.07. The van der Waals surface area contributed by atoms with Crippen LogP contribution in [-0.2, 0) is 25.3 Å². The highest BCUT2D eigenvalue weighted by atomic mass is 19.4. The molecule has 2 N–H and O–H groups in total. The molecule has 0 radical (unpaired) electrons. The van der Waals surface area contributed by atoms with Gasteiger partial charge in [-0.05, 0) is 66.5 Å². The Kier molecular flexibility index (Phi) is 9.66. The van der Waals surface area contributed by atoms with Crippen LogP contribution < -0.4 is 15.4 Å². The number of anilines is 1. The summed E-state index contributed by atoms with van der Waals surface area (Å²) in [6, 6.07) is 0.828. The number of nitrogens with two attached hydrogens (primary N) is 1. The Labute approximate surface area is 238 Å². The number of hydroxylamine groups is 2. The number of halogens is 3. The smallest absolute Gasteiger partial charge is 0.417 e. The van der Waals surface area contributed by atoms with Gasteiger partial charge in [-0.15, -0.1) is 5.06 Å². The summed E-state index contributed by atoms with van der Waals surface area (Å²) in [5, 5.41) is 1.47. The zero-order valence-corrected chi connectivity index (χ0v) is 24.8. The molecule has 0 saturated carbocycles. The van der Waals surface area contributed by atoms with Gasteiger partial charge in [0.2, 0.25) is 5.60 Å². The fourth-order valence-electron chi connectivity index (χ4n) is 5.12. The van der Waals surface area contributed by atoms with Crippen molar-refractivity contribution in [1.82, 2.24) is 9.96 Å². The van der Waals surface area contributed by atoms with Crippen LogP contribution in [0.1, 0.15) is 70.3 Å². The van der Waals surface area contributed by atoms with Gasteiger partial charge in [-0.2, -0.15) is 13.2 Å². The van der Waals surface area contributed by atoms with E-state index in [-0.39, 0.29) is 37.7 Å². The lowest BCUT2D eigenvalue weighted by atomic mass is 9.96. The Hall–Kier alpha value is -2.90. The SMILES string of the molecule is COCC1(C)Oc2cc(C(F)(F)F)c(C(=O)N(C(C)C)[C@@H]3CCCN(OC(=O)C(C)(C)C)C3)cc2N(CCN)C1=O. The Morgan fingerprint density at radius 1 is 1.24 bits per heavy atom. The number of alkyl halides is 3. The number of fused-ring (bicyclic) bond motifs is 1. The number of nitrogens with zero attached hydrogens (tertiary/aromatic N) is 3. The average molecular weight is 587 g/mol. The lowest BCUT2D eigenvalue weighted by molar-refractivity contribution is -0.208. The number of benzene rings is 1. The monoisotopic (exact) mass is 586 g/mol. The molecule has 1 unspecified atom stereocenters. The molecule has 41 heavy (non-hydrogen) atoms. The number of amides is 2. The van der Waals surface area contributed by atoms with Crippen molar-refractivity contribution in [3.05, 3.63) is 23.3 Å². The highest BCUT2D eigenvalue weighted by Crippen LogP contribution is 2.44. The minimum atomic E-state index is -4.90. The molecule has 0 bridgehead atoms. The van der Waals surface area contributed by atoms with Gasteiger partial charge in [-0.25, -0.2) is 4.79 Å². The van der Waals surface area contributed by atoms with Gasteiger partial charge < -0.3 is 29.8 Å². The molecule has 13 heteroatoms. The zero-order chi connectivity index (χ0) is 30.9. The van der Waals surface area contributed by atoms with Gasteiger partial charge in [0.1, 0.15) is 5.75 Å². The van der Waals surface area contributed by atoms with Gasteiger partial charge in [0.25, 0.3) is 11.8 Å². The van der Waals surface area contributed by atoms with Crippen LogP contribution in [0, 0.1) is 5.41 Å². The number of ether oxygens (including phenoxy) is 2.